The zero-order valence-corrected chi connectivity index (χ0v) is 20.2. The van der Waals surface area contributed by atoms with E-state index in [1.807, 2.05) is 12.1 Å². The van der Waals surface area contributed by atoms with E-state index in [2.05, 4.69) is 0 Å². The van der Waals surface area contributed by atoms with E-state index in [0.717, 1.165) is 28.8 Å². The highest BCUT2D eigenvalue weighted by Crippen LogP contribution is 2.31. The minimum atomic E-state index is -4.47. The molecule has 4 aromatic rings. The average Bonchev–Trinajstić information content (AvgIpc) is 3.07. The van der Waals surface area contributed by atoms with Crippen molar-refractivity contribution in [2.75, 3.05) is 0 Å². The molecule has 0 aliphatic carbocycles. The number of carboxylic acid groups (broad SMARTS) is 1. The van der Waals surface area contributed by atoms with Crippen LogP contribution in [0, 0.1) is 13.8 Å². The molecule has 3 aromatic carbocycles. The van der Waals surface area contributed by atoms with E-state index in [9.17, 15) is 27.9 Å². The van der Waals surface area contributed by atoms with Crippen molar-refractivity contribution in [3.8, 4) is 11.4 Å². The van der Waals surface area contributed by atoms with E-state index in [-0.39, 0.29) is 6.54 Å². The van der Waals surface area contributed by atoms with Crippen LogP contribution in [0.3, 0.4) is 0 Å². The van der Waals surface area contributed by atoms with Gasteiger partial charge in [0.25, 0.3) is 0 Å². The number of imidazole rings is 1. The molecule has 1 N–H and O–H groups in total. The Hall–Kier alpha value is -4.01. The molecule has 36 heavy (non-hydrogen) atoms. The number of alkyl halides is 3. The number of ether oxygens (including phenoxy) is 1. The Bertz CT molecular complexity index is 1490. The van der Waals surface area contributed by atoms with Crippen LogP contribution in [0.5, 0.6) is 5.75 Å². The molecule has 0 atom stereocenters. The maximum atomic E-state index is 13.5. The summed E-state index contributed by atoms with van der Waals surface area (Å²) in [6, 6.07) is 15.2. The quantitative estimate of drug-likeness (QED) is 0.369. The van der Waals surface area contributed by atoms with Crippen molar-refractivity contribution in [1.82, 2.24) is 9.13 Å². The molecule has 4 rings (SSSR count). The monoisotopic (exact) mass is 498 g/mol. The number of fused-ring (bicyclic) bond motifs is 1. The highest BCUT2D eigenvalue weighted by molar-refractivity contribution is 5.78. The van der Waals surface area contributed by atoms with Crippen molar-refractivity contribution < 1.29 is 27.8 Å². The lowest BCUT2D eigenvalue weighted by atomic mass is 10.0. The molecule has 6 nitrogen and oxygen atoms in total. The second-order valence-corrected chi connectivity index (χ2v) is 9.21. The number of benzene rings is 3. The van der Waals surface area contributed by atoms with Crippen LogP contribution in [0.15, 0.2) is 65.5 Å². The van der Waals surface area contributed by atoms with E-state index in [1.54, 1.807) is 42.7 Å². The van der Waals surface area contributed by atoms with Crippen molar-refractivity contribution in [2.24, 2.45) is 0 Å². The molecule has 0 saturated carbocycles. The molecule has 0 amide bonds. The van der Waals surface area contributed by atoms with Gasteiger partial charge in [0.15, 0.2) is 5.60 Å². The molecule has 188 valence electrons. The van der Waals surface area contributed by atoms with E-state index in [1.165, 1.54) is 30.5 Å². The molecule has 0 aliphatic rings. The Kier molecular flexibility index (Phi) is 6.20. The van der Waals surface area contributed by atoms with Crippen molar-refractivity contribution in [3.63, 3.8) is 0 Å². The standard InChI is InChI=1S/C27H25F3N2O4/c1-16-13-18(14-17(2)23(16)36-26(3,4)24(33)34)15-31-21-7-5-6-8-22(21)32(25(31)35)20-11-9-19(10-12-20)27(28,29)30/h5-14H,15H2,1-4H3,(H,33,34). The minimum Gasteiger partial charge on any atom is -0.478 e. The summed E-state index contributed by atoms with van der Waals surface area (Å²) >= 11 is 0. The molecule has 1 heterocycles. The van der Waals surface area contributed by atoms with Crippen molar-refractivity contribution in [3.05, 3.63) is 93.4 Å². The number of para-hydroxylation sites is 2. The highest BCUT2D eigenvalue weighted by atomic mass is 19.4. The topological polar surface area (TPSA) is 73.5 Å². The van der Waals surface area contributed by atoms with E-state index < -0.39 is 29.0 Å². The Morgan fingerprint density at radius 3 is 2.03 bits per heavy atom. The third kappa shape index (κ3) is 4.60. The summed E-state index contributed by atoms with van der Waals surface area (Å²) in [5.74, 6) is -0.626. The first kappa shape index (κ1) is 25.1. The molecule has 0 unspecified atom stereocenters. The number of carboxylic acids is 1. The normalized spacial score (nSPS) is 12.2. The minimum absolute atomic E-state index is 0.206. The van der Waals surface area contributed by atoms with E-state index in [4.69, 9.17) is 4.74 Å². The van der Waals surface area contributed by atoms with Gasteiger partial charge < -0.3 is 9.84 Å². The van der Waals surface area contributed by atoms with Crippen LogP contribution in [-0.4, -0.2) is 25.8 Å². The van der Waals surface area contributed by atoms with Crippen LogP contribution in [0.25, 0.3) is 16.7 Å². The number of aryl methyl sites for hydroxylation is 2. The van der Waals surface area contributed by atoms with Gasteiger partial charge in [-0.3, -0.25) is 9.13 Å². The summed E-state index contributed by atoms with van der Waals surface area (Å²) in [5, 5.41) is 9.40. The van der Waals surface area contributed by atoms with Gasteiger partial charge in [0.05, 0.1) is 28.8 Å². The zero-order chi connectivity index (χ0) is 26.4. The number of hydrogen-bond donors (Lipinski definition) is 1. The van der Waals surface area contributed by atoms with Gasteiger partial charge in [-0.2, -0.15) is 13.2 Å². The molecule has 9 heteroatoms. The summed E-state index contributed by atoms with van der Waals surface area (Å²) in [6.45, 7) is 6.75. The third-order valence-corrected chi connectivity index (χ3v) is 6.02. The van der Waals surface area contributed by atoms with Crippen molar-refractivity contribution in [2.45, 2.75) is 46.0 Å². The van der Waals surface area contributed by atoms with E-state index in [0.29, 0.717) is 22.5 Å². The second kappa shape index (κ2) is 8.89. The first-order valence-corrected chi connectivity index (χ1v) is 11.2. The lowest BCUT2D eigenvalue weighted by Gasteiger charge is -2.24. The predicted octanol–water partition coefficient (Wildman–Crippen LogP) is 5.72. The molecular weight excluding hydrogens is 473 g/mol. The lowest BCUT2D eigenvalue weighted by molar-refractivity contribution is -0.152. The maximum absolute atomic E-state index is 13.5. The summed E-state index contributed by atoms with van der Waals surface area (Å²) in [4.78, 5) is 25.0. The molecule has 0 radical (unpaired) electrons. The summed E-state index contributed by atoms with van der Waals surface area (Å²) < 4.78 is 47.8. The average molecular weight is 499 g/mol. The van der Waals surface area contributed by atoms with Crippen molar-refractivity contribution in [1.29, 1.82) is 0 Å². The van der Waals surface area contributed by atoms with E-state index >= 15 is 0 Å². The van der Waals surface area contributed by atoms with Crippen LogP contribution in [0.4, 0.5) is 13.2 Å². The smallest absolute Gasteiger partial charge is 0.416 e. The summed E-state index contributed by atoms with van der Waals surface area (Å²) in [5.41, 5.74) is 1.17. The third-order valence-electron chi connectivity index (χ3n) is 6.02. The first-order chi connectivity index (χ1) is 16.8. The predicted molar refractivity (Wildman–Crippen MR) is 130 cm³/mol. The molecule has 1 aromatic heterocycles. The van der Waals surface area contributed by atoms with Gasteiger partial charge >= 0.3 is 17.8 Å². The number of halogens is 3. The van der Waals surface area contributed by atoms with Crippen LogP contribution in [0.1, 0.15) is 36.1 Å². The van der Waals surface area contributed by atoms with Crippen LogP contribution in [0.2, 0.25) is 0 Å². The van der Waals surface area contributed by atoms with Gasteiger partial charge in [0.2, 0.25) is 0 Å². The lowest BCUT2D eigenvalue weighted by Crippen LogP contribution is -2.38. The molecule has 0 aliphatic heterocycles. The van der Waals surface area contributed by atoms with Gasteiger partial charge in [-0.1, -0.05) is 24.3 Å². The number of carbonyl (C=O) groups is 1. The Balaban J connectivity index is 1.76. The van der Waals surface area contributed by atoms with Crippen LogP contribution >= 0.6 is 0 Å². The maximum Gasteiger partial charge on any atom is 0.416 e. The highest BCUT2D eigenvalue weighted by Gasteiger charge is 2.31. The number of aliphatic carboxylic acids is 1. The Morgan fingerprint density at radius 2 is 1.50 bits per heavy atom. The number of nitrogens with zero attached hydrogens (tertiary/aromatic N) is 2. The van der Waals surface area contributed by atoms with Crippen LogP contribution < -0.4 is 10.4 Å². The van der Waals surface area contributed by atoms with Gasteiger partial charge in [-0.15, -0.1) is 0 Å². The summed E-state index contributed by atoms with van der Waals surface area (Å²) in [7, 11) is 0. The molecule has 0 fully saturated rings. The fourth-order valence-electron chi connectivity index (χ4n) is 4.18. The Labute approximate surface area is 205 Å². The van der Waals surface area contributed by atoms with Crippen molar-refractivity contribution >= 4 is 17.0 Å². The number of hydrogen-bond acceptors (Lipinski definition) is 3. The fraction of sp³-hybridized carbons (Fsp3) is 0.259. The second-order valence-electron chi connectivity index (χ2n) is 9.21. The van der Waals surface area contributed by atoms with Gasteiger partial charge in [0, 0.05) is 0 Å². The number of rotatable bonds is 6. The van der Waals surface area contributed by atoms with Gasteiger partial charge in [0.1, 0.15) is 5.75 Å². The number of aromatic nitrogens is 2. The fourth-order valence-corrected chi connectivity index (χ4v) is 4.18. The summed E-state index contributed by atoms with van der Waals surface area (Å²) in [6.07, 6.45) is -4.47. The zero-order valence-electron chi connectivity index (χ0n) is 20.2. The van der Waals surface area contributed by atoms with Gasteiger partial charge in [-0.25, -0.2) is 9.59 Å². The van der Waals surface area contributed by atoms with Crippen LogP contribution in [-0.2, 0) is 17.5 Å². The molecule has 0 saturated heterocycles. The SMILES string of the molecule is Cc1cc(Cn2c(=O)n(-c3ccc(C(F)(F)F)cc3)c3ccccc32)cc(C)c1OC(C)(C)C(=O)O. The molecular formula is C27H25F3N2O4. The Morgan fingerprint density at radius 1 is 0.944 bits per heavy atom. The van der Waals surface area contributed by atoms with Gasteiger partial charge in [-0.05, 0) is 80.8 Å². The largest absolute Gasteiger partial charge is 0.478 e. The molecule has 0 spiro atoms. The molecule has 0 bridgehead atoms. The first-order valence-electron chi connectivity index (χ1n) is 11.2.